The van der Waals surface area contributed by atoms with Crippen molar-refractivity contribution < 1.29 is 14.0 Å². The van der Waals surface area contributed by atoms with Crippen LogP contribution in [0.1, 0.15) is 28.3 Å². The lowest BCUT2D eigenvalue weighted by Crippen LogP contribution is -2.31. The Balaban J connectivity index is 1.51. The molecule has 0 radical (unpaired) electrons. The molecule has 2 aromatic carbocycles. The van der Waals surface area contributed by atoms with Gasteiger partial charge in [0.05, 0.1) is 6.54 Å². The number of benzene rings is 2. The van der Waals surface area contributed by atoms with E-state index in [1.54, 1.807) is 0 Å². The van der Waals surface area contributed by atoms with Crippen molar-refractivity contribution in [1.29, 1.82) is 0 Å². The third-order valence-corrected chi connectivity index (χ3v) is 3.94. The number of hydrogen-bond acceptors (Lipinski definition) is 2. The van der Waals surface area contributed by atoms with Crippen LogP contribution in [-0.4, -0.2) is 18.2 Å². The quantitative estimate of drug-likeness (QED) is 0.863. The van der Waals surface area contributed by atoms with Crippen LogP contribution in [0.5, 0.6) is 0 Å². The first-order valence-electron chi connectivity index (χ1n) is 7.26. The first-order valence-corrected chi connectivity index (χ1v) is 7.26. The maximum absolute atomic E-state index is 12.8. The van der Waals surface area contributed by atoms with Gasteiger partial charge in [-0.05, 0) is 42.2 Å². The van der Waals surface area contributed by atoms with Crippen LogP contribution in [0.15, 0.2) is 54.6 Å². The molecule has 1 aliphatic rings. The highest BCUT2D eigenvalue weighted by molar-refractivity contribution is 5.99. The largest absolute Gasteiger partial charge is 0.348 e. The van der Waals surface area contributed by atoms with Crippen LogP contribution in [0.3, 0.4) is 0 Å². The van der Waals surface area contributed by atoms with Gasteiger partial charge < -0.3 is 5.32 Å². The predicted molar refractivity (Wildman–Crippen MR) is 81.0 cm³/mol. The second-order valence-corrected chi connectivity index (χ2v) is 5.51. The zero-order chi connectivity index (χ0) is 15.5. The van der Waals surface area contributed by atoms with E-state index < -0.39 is 0 Å². The Hall–Kier alpha value is -2.49. The van der Waals surface area contributed by atoms with Gasteiger partial charge in [-0.2, -0.15) is 0 Å². The molecule has 1 amide bonds. The molecule has 3 rings (SSSR count). The SMILES string of the molecule is O=C(CNC(=O)C1CC1c1ccccc1)c1ccc(F)cc1. The van der Waals surface area contributed by atoms with Crippen LogP contribution < -0.4 is 5.32 Å². The van der Waals surface area contributed by atoms with E-state index in [0.29, 0.717) is 5.56 Å². The van der Waals surface area contributed by atoms with Gasteiger partial charge in [-0.25, -0.2) is 4.39 Å². The van der Waals surface area contributed by atoms with E-state index in [-0.39, 0.29) is 35.9 Å². The molecule has 1 aliphatic carbocycles. The number of nitrogens with one attached hydrogen (secondary N) is 1. The monoisotopic (exact) mass is 297 g/mol. The maximum Gasteiger partial charge on any atom is 0.224 e. The predicted octanol–water partition coefficient (Wildman–Crippen LogP) is 2.93. The molecule has 1 fully saturated rings. The van der Waals surface area contributed by atoms with E-state index in [4.69, 9.17) is 0 Å². The molecule has 1 saturated carbocycles. The summed E-state index contributed by atoms with van der Waals surface area (Å²) in [7, 11) is 0. The third-order valence-electron chi connectivity index (χ3n) is 3.94. The van der Waals surface area contributed by atoms with Gasteiger partial charge >= 0.3 is 0 Å². The number of hydrogen-bond donors (Lipinski definition) is 1. The van der Waals surface area contributed by atoms with Crippen molar-refractivity contribution in [3.63, 3.8) is 0 Å². The number of halogens is 1. The maximum atomic E-state index is 12.8. The fraction of sp³-hybridized carbons (Fsp3) is 0.222. The first-order chi connectivity index (χ1) is 10.6. The van der Waals surface area contributed by atoms with E-state index in [2.05, 4.69) is 5.32 Å². The van der Waals surface area contributed by atoms with Crippen LogP contribution in [0.4, 0.5) is 4.39 Å². The van der Waals surface area contributed by atoms with Gasteiger partial charge in [-0.15, -0.1) is 0 Å². The summed E-state index contributed by atoms with van der Waals surface area (Å²) in [5.41, 5.74) is 1.56. The highest BCUT2D eigenvalue weighted by Crippen LogP contribution is 2.47. The molecular formula is C18H16FNO2. The minimum absolute atomic E-state index is 0.0524. The minimum Gasteiger partial charge on any atom is -0.348 e. The fourth-order valence-corrected chi connectivity index (χ4v) is 2.59. The molecule has 3 nitrogen and oxygen atoms in total. The van der Waals surface area contributed by atoms with E-state index >= 15 is 0 Å². The van der Waals surface area contributed by atoms with E-state index in [0.717, 1.165) is 12.0 Å². The molecule has 2 atom stereocenters. The lowest BCUT2D eigenvalue weighted by Gasteiger charge is -2.05. The summed E-state index contributed by atoms with van der Waals surface area (Å²) in [6.45, 7) is -0.0531. The minimum atomic E-state index is -0.385. The van der Waals surface area contributed by atoms with Gasteiger partial charge in [0.25, 0.3) is 0 Å². The summed E-state index contributed by atoms with van der Waals surface area (Å²) in [6.07, 6.45) is 0.820. The number of carbonyl (C=O) groups excluding carboxylic acids is 2. The van der Waals surface area contributed by atoms with Crippen LogP contribution >= 0.6 is 0 Å². The van der Waals surface area contributed by atoms with Gasteiger partial charge in [0.15, 0.2) is 5.78 Å². The number of ketones is 1. The molecule has 0 spiro atoms. The van der Waals surface area contributed by atoms with Crippen molar-refractivity contribution in [1.82, 2.24) is 5.32 Å². The van der Waals surface area contributed by atoms with Crippen LogP contribution in [-0.2, 0) is 4.79 Å². The number of Topliss-reactive ketones (excluding diaryl/α,β-unsaturated/α-hetero) is 1. The second-order valence-electron chi connectivity index (χ2n) is 5.51. The molecule has 0 heterocycles. The van der Waals surface area contributed by atoms with Crippen LogP contribution in [0.2, 0.25) is 0 Å². The Morgan fingerprint density at radius 3 is 2.41 bits per heavy atom. The second kappa shape index (κ2) is 6.10. The normalized spacial score (nSPS) is 19.5. The zero-order valence-electron chi connectivity index (χ0n) is 12.0. The zero-order valence-corrected chi connectivity index (χ0v) is 12.0. The summed E-state index contributed by atoms with van der Waals surface area (Å²) in [5.74, 6) is -0.496. The van der Waals surface area contributed by atoms with Gasteiger partial charge in [-0.3, -0.25) is 9.59 Å². The Morgan fingerprint density at radius 2 is 1.73 bits per heavy atom. The van der Waals surface area contributed by atoms with Crippen LogP contribution in [0, 0.1) is 11.7 Å². The van der Waals surface area contributed by atoms with Crippen molar-refractivity contribution >= 4 is 11.7 Å². The van der Waals surface area contributed by atoms with Gasteiger partial charge in [0.1, 0.15) is 5.82 Å². The molecule has 4 heteroatoms. The van der Waals surface area contributed by atoms with E-state index in [1.165, 1.54) is 24.3 Å². The fourth-order valence-electron chi connectivity index (χ4n) is 2.59. The Morgan fingerprint density at radius 1 is 1.05 bits per heavy atom. The summed E-state index contributed by atoms with van der Waals surface area (Å²) in [4.78, 5) is 24.0. The topological polar surface area (TPSA) is 46.2 Å². The average molecular weight is 297 g/mol. The van der Waals surface area contributed by atoms with Crippen molar-refractivity contribution in [2.24, 2.45) is 5.92 Å². The highest BCUT2D eigenvalue weighted by Gasteiger charge is 2.43. The van der Waals surface area contributed by atoms with Crippen LogP contribution in [0.25, 0.3) is 0 Å². The molecule has 2 aromatic rings. The van der Waals surface area contributed by atoms with Crippen molar-refractivity contribution in [2.75, 3.05) is 6.54 Å². The molecule has 0 aromatic heterocycles. The molecule has 1 N–H and O–H groups in total. The first kappa shape index (κ1) is 14.4. The van der Waals surface area contributed by atoms with E-state index in [1.807, 2.05) is 30.3 Å². The Kier molecular flexibility index (Phi) is 4.00. The summed E-state index contributed by atoms with van der Waals surface area (Å²) in [6, 6.07) is 15.2. The van der Waals surface area contributed by atoms with E-state index in [9.17, 15) is 14.0 Å². The Labute approximate surface area is 128 Å². The van der Waals surface area contributed by atoms with Gasteiger partial charge in [-0.1, -0.05) is 30.3 Å². The number of amides is 1. The number of rotatable bonds is 5. The molecular weight excluding hydrogens is 281 g/mol. The summed E-state index contributed by atoms with van der Waals surface area (Å²) < 4.78 is 12.8. The van der Waals surface area contributed by atoms with Gasteiger partial charge in [0.2, 0.25) is 5.91 Å². The lowest BCUT2D eigenvalue weighted by atomic mass is 10.1. The highest BCUT2D eigenvalue weighted by atomic mass is 19.1. The smallest absolute Gasteiger partial charge is 0.224 e. The van der Waals surface area contributed by atoms with Gasteiger partial charge in [0, 0.05) is 11.5 Å². The third kappa shape index (κ3) is 3.22. The molecule has 112 valence electrons. The average Bonchev–Trinajstić information content (AvgIpc) is 3.34. The standard InChI is InChI=1S/C18H16FNO2/c19-14-8-6-13(7-9-14)17(21)11-20-18(22)16-10-15(16)12-4-2-1-3-5-12/h1-9,15-16H,10-11H2,(H,20,22). The molecule has 22 heavy (non-hydrogen) atoms. The lowest BCUT2D eigenvalue weighted by molar-refractivity contribution is -0.122. The summed E-state index contributed by atoms with van der Waals surface area (Å²) in [5, 5.41) is 2.67. The molecule has 0 bridgehead atoms. The van der Waals surface area contributed by atoms with Crippen molar-refractivity contribution in [2.45, 2.75) is 12.3 Å². The Bertz CT molecular complexity index is 682. The molecule has 0 saturated heterocycles. The molecule has 2 unspecified atom stereocenters. The summed E-state index contributed by atoms with van der Waals surface area (Å²) >= 11 is 0. The van der Waals surface area contributed by atoms with Crippen molar-refractivity contribution in [3.8, 4) is 0 Å². The van der Waals surface area contributed by atoms with Crippen molar-refractivity contribution in [3.05, 3.63) is 71.5 Å². The number of carbonyl (C=O) groups is 2. The molecule has 0 aliphatic heterocycles.